The number of hydrogen-bond acceptors (Lipinski definition) is 7. The molecule has 1 aromatic heterocycles. The van der Waals surface area contributed by atoms with Crippen molar-refractivity contribution >= 4 is 38.7 Å². The molecule has 1 N–H and O–H groups in total. The summed E-state index contributed by atoms with van der Waals surface area (Å²) in [6.07, 6.45) is 4.04. The zero-order chi connectivity index (χ0) is 29.0. The van der Waals surface area contributed by atoms with Crippen LogP contribution >= 0.6 is 15.9 Å². The molecule has 2 bridgehead atoms. The molecule has 4 atom stereocenters. The number of nitrogens with zero attached hydrogens (tertiary/aromatic N) is 4. The second kappa shape index (κ2) is 10.7. The number of amides is 1. The van der Waals surface area contributed by atoms with Crippen molar-refractivity contribution in [2.24, 2.45) is 0 Å². The fourth-order valence-corrected chi connectivity index (χ4v) is 7.15. The summed E-state index contributed by atoms with van der Waals surface area (Å²) in [7, 11) is 1.45. The molecule has 6 rings (SSSR count). The number of ether oxygens (including phenoxy) is 2. The number of aromatic nitrogens is 2. The molecule has 2 unspecified atom stereocenters. The van der Waals surface area contributed by atoms with Crippen molar-refractivity contribution in [2.75, 3.05) is 38.2 Å². The molecule has 4 fully saturated rings. The Hall–Kier alpha value is -2.47. The Balaban J connectivity index is 0.000000269. The number of aromatic amines is 1. The molecule has 2 aromatic rings. The van der Waals surface area contributed by atoms with Crippen molar-refractivity contribution in [3.63, 3.8) is 0 Å². The number of carbonyl (C=O) groups is 1. The van der Waals surface area contributed by atoms with E-state index in [4.69, 9.17) is 9.47 Å². The quantitative estimate of drug-likeness (QED) is 0.502. The van der Waals surface area contributed by atoms with E-state index in [2.05, 4.69) is 37.7 Å². The third-order valence-corrected chi connectivity index (χ3v) is 9.18. The highest BCUT2D eigenvalue weighted by atomic mass is 79.9. The van der Waals surface area contributed by atoms with Gasteiger partial charge in [0.1, 0.15) is 23.3 Å². The molecule has 0 saturated carbocycles. The van der Waals surface area contributed by atoms with Gasteiger partial charge in [0.15, 0.2) is 5.82 Å². The van der Waals surface area contributed by atoms with Crippen LogP contribution < -0.4 is 15.3 Å². The van der Waals surface area contributed by atoms with Gasteiger partial charge in [-0.1, -0.05) is 0 Å². The number of halogens is 3. The maximum Gasteiger partial charge on any atom is 0.410 e. The van der Waals surface area contributed by atoms with E-state index in [1.807, 2.05) is 25.7 Å². The number of piperazine rings is 1. The molecule has 0 spiro atoms. The number of rotatable bonds is 2. The van der Waals surface area contributed by atoms with Crippen LogP contribution in [0.5, 0.6) is 5.75 Å². The van der Waals surface area contributed by atoms with Gasteiger partial charge in [-0.3, -0.25) is 9.80 Å². The lowest BCUT2D eigenvalue weighted by Crippen LogP contribution is -2.57. The van der Waals surface area contributed by atoms with Crippen LogP contribution in [0.4, 0.5) is 19.4 Å². The number of carbonyl (C=O) groups excluding carboxylic acids is 1. The number of methoxy groups -OCH3 is 1. The van der Waals surface area contributed by atoms with Gasteiger partial charge in [-0.15, -0.1) is 0 Å². The first-order valence-electron chi connectivity index (χ1n) is 13.9. The topological polar surface area (TPSA) is 91.0 Å². The molecule has 4 aliphatic rings. The van der Waals surface area contributed by atoms with E-state index < -0.39 is 23.3 Å². The number of anilines is 1. The van der Waals surface area contributed by atoms with E-state index in [9.17, 15) is 18.4 Å². The molecule has 9 nitrogen and oxygen atoms in total. The zero-order valence-corrected chi connectivity index (χ0v) is 25.3. The zero-order valence-electron chi connectivity index (χ0n) is 23.7. The molecule has 4 aliphatic heterocycles. The van der Waals surface area contributed by atoms with Crippen LogP contribution in [0.1, 0.15) is 59.8 Å². The molecule has 1 amide bonds. The van der Waals surface area contributed by atoms with Crippen LogP contribution in [-0.4, -0.2) is 88.5 Å². The predicted molar refractivity (Wildman–Crippen MR) is 152 cm³/mol. The molecule has 4 saturated heterocycles. The average Bonchev–Trinajstić information content (AvgIpc) is 3.45. The Kier molecular flexibility index (Phi) is 7.80. The summed E-state index contributed by atoms with van der Waals surface area (Å²) >= 11 is 3.17. The summed E-state index contributed by atoms with van der Waals surface area (Å²) in [5.74, 6) is 0.0881. The summed E-state index contributed by atoms with van der Waals surface area (Å²) in [6, 6.07) is 1.54. The minimum absolute atomic E-state index is 0.0584. The smallest absolute Gasteiger partial charge is 0.410 e. The fourth-order valence-electron chi connectivity index (χ4n) is 6.67. The lowest BCUT2D eigenvalue weighted by molar-refractivity contribution is 0.0123. The minimum atomic E-state index is -0.629. The molecule has 5 heterocycles. The first-order chi connectivity index (χ1) is 18.8. The first-order valence-corrected chi connectivity index (χ1v) is 14.7. The van der Waals surface area contributed by atoms with E-state index in [1.54, 1.807) is 11.0 Å². The molecule has 220 valence electrons. The second-order valence-corrected chi connectivity index (χ2v) is 13.3. The van der Waals surface area contributed by atoms with Crippen molar-refractivity contribution in [2.45, 2.75) is 89.2 Å². The predicted octanol–water partition coefficient (Wildman–Crippen LogP) is 5.00. The maximum absolute atomic E-state index is 14.9. The summed E-state index contributed by atoms with van der Waals surface area (Å²) in [6.45, 7) is 10.5. The van der Waals surface area contributed by atoms with Gasteiger partial charge >= 0.3 is 11.8 Å². The molecule has 12 heteroatoms. The third kappa shape index (κ3) is 5.53. The van der Waals surface area contributed by atoms with Crippen molar-refractivity contribution in [3.8, 4) is 5.75 Å². The van der Waals surface area contributed by atoms with Crippen LogP contribution in [0.2, 0.25) is 0 Å². The fraction of sp³-hybridized carbons (Fsp3) is 0.679. The van der Waals surface area contributed by atoms with E-state index >= 15 is 0 Å². The second-order valence-electron chi connectivity index (χ2n) is 12.5. The largest absolute Gasteiger partial charge is 0.495 e. The highest BCUT2D eigenvalue weighted by Crippen LogP contribution is 2.40. The number of nitrogens with one attached hydrogen (secondary N) is 1. The lowest BCUT2D eigenvalue weighted by atomic mass is 9.97. The molecule has 0 aliphatic carbocycles. The van der Waals surface area contributed by atoms with E-state index in [0.29, 0.717) is 36.6 Å². The Morgan fingerprint density at radius 2 is 1.90 bits per heavy atom. The van der Waals surface area contributed by atoms with Crippen LogP contribution in [-0.2, 0) is 4.74 Å². The van der Waals surface area contributed by atoms with E-state index in [1.165, 1.54) is 20.0 Å². The Bertz CT molecular complexity index is 1340. The van der Waals surface area contributed by atoms with Crippen molar-refractivity contribution < 1.29 is 23.0 Å². The Morgan fingerprint density at radius 1 is 1.23 bits per heavy atom. The monoisotopic (exact) mass is 625 g/mol. The SMILES string of the molecule is COc1cc2c(N3CC4CC[C@H](C3)N4C(=O)OC(C)(C)C)nc(=O)[nH]c2c(F)c1Br.C[C@@]12CCCN1CC(F)C2. The normalized spacial score (nSPS) is 27.9. The Labute approximate surface area is 241 Å². The van der Waals surface area contributed by atoms with Gasteiger partial charge in [0.25, 0.3) is 0 Å². The van der Waals surface area contributed by atoms with Gasteiger partial charge in [0.05, 0.1) is 29.2 Å². The first kappa shape index (κ1) is 29.0. The molecular weight excluding hydrogens is 588 g/mol. The van der Waals surface area contributed by atoms with E-state index in [-0.39, 0.29) is 33.7 Å². The van der Waals surface area contributed by atoms with E-state index in [0.717, 1.165) is 25.8 Å². The number of benzene rings is 1. The molecular formula is C28H38BrF2N5O4. The maximum atomic E-state index is 14.9. The van der Waals surface area contributed by atoms with Gasteiger partial charge in [0, 0.05) is 30.6 Å². The van der Waals surface area contributed by atoms with Crippen molar-refractivity contribution in [1.82, 2.24) is 19.8 Å². The summed E-state index contributed by atoms with van der Waals surface area (Å²) in [5.41, 5.74) is -0.895. The third-order valence-electron chi connectivity index (χ3n) is 8.45. The van der Waals surface area contributed by atoms with Gasteiger partial charge < -0.3 is 19.4 Å². The molecule has 0 radical (unpaired) electrons. The number of H-pyrrole nitrogens is 1. The number of fused-ring (bicyclic) bond motifs is 4. The number of alkyl halides is 1. The van der Waals surface area contributed by atoms with Gasteiger partial charge in [-0.25, -0.2) is 18.4 Å². The highest BCUT2D eigenvalue weighted by molar-refractivity contribution is 9.10. The summed E-state index contributed by atoms with van der Waals surface area (Å²) in [5, 5.41) is 0.456. The van der Waals surface area contributed by atoms with Crippen LogP contribution in [0.15, 0.2) is 15.3 Å². The average molecular weight is 627 g/mol. The van der Waals surface area contributed by atoms with Crippen molar-refractivity contribution in [1.29, 1.82) is 0 Å². The number of hydrogen-bond donors (Lipinski definition) is 1. The molecule has 1 aromatic carbocycles. The summed E-state index contributed by atoms with van der Waals surface area (Å²) in [4.78, 5) is 37.6. The standard InChI is InChI=1S/C20H24BrFN4O4.C8H14FN/c1-20(2,3)30-19(28)26-10-5-6-11(26)9-25(8-10)17-12-7-13(29-4)14(21)15(22)16(12)23-18(27)24-17;1-8-3-2-4-10(8)6-7(9)5-8/h7,10-11H,5-6,8-9H2,1-4H3,(H,23,24,27);7H,2-6H2,1H3/t10-,11?;7?,8-/m10/s1. The van der Waals surface area contributed by atoms with Crippen molar-refractivity contribution in [3.05, 3.63) is 26.8 Å². The summed E-state index contributed by atoms with van der Waals surface area (Å²) < 4.78 is 38.7. The van der Waals surface area contributed by atoms with Gasteiger partial charge in [0.2, 0.25) is 0 Å². The lowest BCUT2D eigenvalue weighted by Gasteiger charge is -2.42. The minimum Gasteiger partial charge on any atom is -0.495 e. The van der Waals surface area contributed by atoms with Gasteiger partial charge in [-0.2, -0.15) is 4.98 Å². The highest BCUT2D eigenvalue weighted by Gasteiger charge is 2.46. The molecule has 40 heavy (non-hydrogen) atoms. The van der Waals surface area contributed by atoms with Crippen LogP contribution in [0.3, 0.4) is 0 Å². The Morgan fingerprint density at radius 3 is 2.50 bits per heavy atom. The van der Waals surface area contributed by atoms with Gasteiger partial charge in [-0.05, 0) is 88.3 Å². The van der Waals surface area contributed by atoms with Crippen LogP contribution in [0, 0.1) is 5.82 Å². The van der Waals surface area contributed by atoms with Crippen LogP contribution in [0.25, 0.3) is 10.9 Å².